The molecule has 0 saturated carbocycles. The summed E-state index contributed by atoms with van der Waals surface area (Å²) in [6.07, 6.45) is 2.50. The quantitative estimate of drug-likeness (QED) is 0.416. The zero-order valence-corrected chi connectivity index (χ0v) is 14.8. The van der Waals surface area contributed by atoms with E-state index in [1.54, 1.807) is 12.3 Å². The van der Waals surface area contributed by atoms with Crippen LogP contribution in [0.4, 0.5) is 0 Å². The third-order valence-electron chi connectivity index (χ3n) is 4.61. The molecule has 0 fully saturated rings. The van der Waals surface area contributed by atoms with Gasteiger partial charge in [-0.15, -0.1) is 0 Å². The lowest BCUT2D eigenvalue weighted by molar-refractivity contribution is -0.141. The van der Waals surface area contributed by atoms with Gasteiger partial charge in [0.15, 0.2) is 12.2 Å². The molecule has 0 atom stereocenters. The van der Waals surface area contributed by atoms with E-state index in [1.165, 1.54) is 0 Å². The van der Waals surface area contributed by atoms with Crippen LogP contribution in [-0.4, -0.2) is 28.5 Å². The number of hydrogen-bond acceptors (Lipinski definition) is 5. The minimum atomic E-state index is -0.517. The summed E-state index contributed by atoms with van der Waals surface area (Å²) in [6.45, 7) is 1.75. The van der Waals surface area contributed by atoms with Crippen LogP contribution in [0.5, 0.6) is 0 Å². The molecule has 27 heavy (non-hydrogen) atoms. The summed E-state index contributed by atoms with van der Waals surface area (Å²) in [7, 11) is 0. The lowest BCUT2D eigenvalue weighted by atomic mass is 10.1. The van der Waals surface area contributed by atoms with E-state index in [1.807, 2.05) is 36.4 Å². The van der Waals surface area contributed by atoms with Gasteiger partial charge >= 0.3 is 5.97 Å². The van der Waals surface area contributed by atoms with Crippen LogP contribution in [0, 0.1) is 0 Å². The van der Waals surface area contributed by atoms with E-state index >= 15 is 0 Å². The smallest absolute Gasteiger partial charge is 0.312 e. The summed E-state index contributed by atoms with van der Waals surface area (Å²) >= 11 is 0. The molecule has 0 saturated heterocycles. The topological polar surface area (TPSA) is 85.2 Å². The first-order valence-electron chi connectivity index (χ1n) is 8.78. The molecule has 2 aromatic heterocycles. The van der Waals surface area contributed by atoms with Gasteiger partial charge in [-0.3, -0.25) is 9.59 Å². The number of nitrogens with one attached hydrogen (secondary N) is 1. The van der Waals surface area contributed by atoms with Gasteiger partial charge in [-0.2, -0.15) is 0 Å². The van der Waals surface area contributed by atoms with E-state index in [9.17, 15) is 9.59 Å². The summed E-state index contributed by atoms with van der Waals surface area (Å²) in [5.74, 6) is -0.760. The molecule has 0 amide bonds. The lowest BCUT2D eigenvalue weighted by Crippen LogP contribution is -2.15. The zero-order valence-electron chi connectivity index (χ0n) is 14.8. The fraction of sp³-hybridized carbons (Fsp3) is 0.190. The fourth-order valence-electron chi connectivity index (χ4n) is 3.22. The predicted molar refractivity (Wildman–Crippen MR) is 101 cm³/mol. The number of carbonyl (C=O) groups excluding carboxylic acids is 2. The van der Waals surface area contributed by atoms with Crippen molar-refractivity contribution in [2.45, 2.75) is 19.8 Å². The van der Waals surface area contributed by atoms with E-state index in [0.29, 0.717) is 16.8 Å². The normalized spacial score (nSPS) is 11.1. The SMILES string of the molecule is CCc1cccc2c(C(=O)COC(=O)Cc3noc4ccccc34)c[nH]c12. The van der Waals surface area contributed by atoms with E-state index in [-0.39, 0.29) is 18.8 Å². The van der Waals surface area contributed by atoms with Crippen LogP contribution < -0.4 is 0 Å². The van der Waals surface area contributed by atoms with Gasteiger partial charge in [0.25, 0.3) is 0 Å². The van der Waals surface area contributed by atoms with Crippen molar-refractivity contribution in [1.82, 2.24) is 10.1 Å². The van der Waals surface area contributed by atoms with Crippen LogP contribution in [-0.2, 0) is 22.4 Å². The summed E-state index contributed by atoms with van der Waals surface area (Å²) in [5, 5.41) is 5.52. The highest BCUT2D eigenvalue weighted by atomic mass is 16.5. The second-order valence-corrected chi connectivity index (χ2v) is 6.28. The van der Waals surface area contributed by atoms with Gasteiger partial charge in [0, 0.05) is 28.0 Å². The third kappa shape index (κ3) is 3.21. The summed E-state index contributed by atoms with van der Waals surface area (Å²) < 4.78 is 10.3. The second-order valence-electron chi connectivity index (χ2n) is 6.28. The first kappa shape index (κ1) is 17.0. The summed E-state index contributed by atoms with van der Waals surface area (Å²) in [4.78, 5) is 27.8. The van der Waals surface area contributed by atoms with Crippen molar-refractivity contribution in [2.75, 3.05) is 6.61 Å². The Labute approximate surface area is 155 Å². The Morgan fingerprint density at radius 2 is 1.93 bits per heavy atom. The van der Waals surface area contributed by atoms with Crippen molar-refractivity contribution in [3.05, 3.63) is 65.5 Å². The number of aryl methyl sites for hydroxylation is 1. The maximum atomic E-state index is 12.5. The maximum absolute atomic E-state index is 12.5. The number of aromatic amines is 1. The van der Waals surface area contributed by atoms with E-state index in [2.05, 4.69) is 17.1 Å². The molecule has 0 unspecified atom stereocenters. The number of carbonyl (C=O) groups is 2. The van der Waals surface area contributed by atoms with Gasteiger partial charge in [-0.25, -0.2) is 0 Å². The number of rotatable bonds is 6. The number of aromatic nitrogens is 2. The van der Waals surface area contributed by atoms with Crippen molar-refractivity contribution in [2.24, 2.45) is 0 Å². The number of para-hydroxylation sites is 2. The second kappa shape index (κ2) is 7.07. The van der Waals surface area contributed by atoms with Gasteiger partial charge in [0.1, 0.15) is 5.69 Å². The van der Waals surface area contributed by atoms with Crippen molar-refractivity contribution in [3.63, 3.8) is 0 Å². The fourth-order valence-corrected chi connectivity index (χ4v) is 3.22. The minimum absolute atomic E-state index is 0.0435. The molecule has 0 aliphatic rings. The Morgan fingerprint density at radius 1 is 1.11 bits per heavy atom. The third-order valence-corrected chi connectivity index (χ3v) is 4.61. The zero-order chi connectivity index (χ0) is 18.8. The maximum Gasteiger partial charge on any atom is 0.312 e. The molecule has 0 aliphatic carbocycles. The van der Waals surface area contributed by atoms with Crippen molar-refractivity contribution in [1.29, 1.82) is 0 Å². The van der Waals surface area contributed by atoms with Crippen LogP contribution in [0.15, 0.2) is 53.2 Å². The largest absolute Gasteiger partial charge is 0.457 e. The van der Waals surface area contributed by atoms with Gasteiger partial charge in [0.2, 0.25) is 5.78 Å². The standard InChI is InChI=1S/C21H18N2O4/c1-2-13-6-5-8-14-16(11-22-21(13)14)18(24)12-26-20(25)10-17-15-7-3-4-9-19(15)27-23-17/h3-9,11,22H,2,10,12H2,1H3. The molecule has 6 heteroatoms. The van der Waals surface area contributed by atoms with Gasteiger partial charge in [0.05, 0.1) is 6.42 Å². The molecule has 4 rings (SSSR count). The Balaban J connectivity index is 1.44. The summed E-state index contributed by atoms with van der Waals surface area (Å²) in [5.41, 5.74) is 3.73. The molecule has 1 N–H and O–H groups in total. The van der Waals surface area contributed by atoms with E-state index in [0.717, 1.165) is 28.3 Å². The molecule has 6 nitrogen and oxygen atoms in total. The Morgan fingerprint density at radius 3 is 2.78 bits per heavy atom. The van der Waals surface area contributed by atoms with Crippen LogP contribution >= 0.6 is 0 Å². The molecule has 4 aromatic rings. The van der Waals surface area contributed by atoms with Gasteiger partial charge in [-0.05, 0) is 24.1 Å². The van der Waals surface area contributed by atoms with E-state index in [4.69, 9.17) is 9.26 Å². The van der Waals surface area contributed by atoms with Crippen molar-refractivity contribution >= 4 is 33.6 Å². The molecular weight excluding hydrogens is 344 g/mol. The number of Topliss-reactive ketones (excluding diaryl/α,β-unsaturated/α-hetero) is 1. The van der Waals surface area contributed by atoms with Crippen LogP contribution in [0.25, 0.3) is 21.9 Å². The number of H-pyrrole nitrogens is 1. The molecule has 0 aliphatic heterocycles. The van der Waals surface area contributed by atoms with Crippen LogP contribution in [0.3, 0.4) is 0 Å². The van der Waals surface area contributed by atoms with Gasteiger partial charge < -0.3 is 14.2 Å². The summed E-state index contributed by atoms with van der Waals surface area (Å²) in [6, 6.07) is 13.1. The molecule has 2 aromatic carbocycles. The highest BCUT2D eigenvalue weighted by molar-refractivity contribution is 6.09. The van der Waals surface area contributed by atoms with Crippen molar-refractivity contribution in [3.8, 4) is 0 Å². The number of esters is 1. The highest BCUT2D eigenvalue weighted by Gasteiger charge is 2.17. The van der Waals surface area contributed by atoms with E-state index < -0.39 is 5.97 Å². The molecule has 0 bridgehead atoms. The number of benzene rings is 2. The first-order valence-corrected chi connectivity index (χ1v) is 8.78. The molecule has 2 heterocycles. The Bertz CT molecular complexity index is 1140. The number of hydrogen-bond donors (Lipinski definition) is 1. The monoisotopic (exact) mass is 362 g/mol. The Hall–Kier alpha value is -3.41. The average molecular weight is 362 g/mol. The molecular formula is C21H18N2O4. The minimum Gasteiger partial charge on any atom is -0.457 e. The molecule has 0 spiro atoms. The number of ketones is 1. The van der Waals surface area contributed by atoms with Gasteiger partial charge in [-0.1, -0.05) is 42.4 Å². The van der Waals surface area contributed by atoms with Crippen LogP contribution in [0.1, 0.15) is 28.5 Å². The molecule has 136 valence electrons. The predicted octanol–water partition coefficient (Wildman–Crippen LogP) is 3.84. The number of nitrogens with zero attached hydrogens (tertiary/aromatic N) is 1. The first-order chi connectivity index (χ1) is 13.2. The number of fused-ring (bicyclic) bond motifs is 2. The Kier molecular flexibility index (Phi) is 4.46. The highest BCUT2D eigenvalue weighted by Crippen LogP contribution is 2.23. The average Bonchev–Trinajstić information content (AvgIpc) is 3.30. The molecule has 0 radical (unpaired) electrons. The van der Waals surface area contributed by atoms with Crippen LogP contribution in [0.2, 0.25) is 0 Å². The number of ether oxygens (including phenoxy) is 1. The lowest BCUT2D eigenvalue weighted by Gasteiger charge is -2.03. The van der Waals surface area contributed by atoms with Crippen molar-refractivity contribution < 1.29 is 18.8 Å².